The summed E-state index contributed by atoms with van der Waals surface area (Å²) in [4.78, 5) is 12.7. The third-order valence-corrected chi connectivity index (χ3v) is 6.97. The number of nitrogens with zero attached hydrogens (tertiary/aromatic N) is 1. The highest BCUT2D eigenvalue weighted by molar-refractivity contribution is 7.92. The molecule has 0 amide bonds. The average molecular weight is 444 g/mol. The summed E-state index contributed by atoms with van der Waals surface area (Å²) in [5.74, 6) is -0.451. The molecule has 0 atom stereocenters. The molecule has 5 nitrogen and oxygen atoms in total. The van der Waals surface area contributed by atoms with Crippen LogP contribution in [-0.2, 0) is 10.0 Å². The monoisotopic (exact) mass is 443 g/mol. The maximum absolute atomic E-state index is 13.4. The highest BCUT2D eigenvalue weighted by Crippen LogP contribution is 2.29. The zero-order chi connectivity index (χ0) is 21.9. The third-order valence-electron chi connectivity index (χ3n) is 4.61. The van der Waals surface area contributed by atoms with Crippen molar-refractivity contribution < 1.29 is 17.9 Å². The molecule has 0 aliphatic rings. The number of para-hydroxylation sites is 1. The first-order valence-corrected chi connectivity index (χ1v) is 11.2. The molecule has 3 aromatic rings. The van der Waals surface area contributed by atoms with Gasteiger partial charge in [-0.25, -0.2) is 13.2 Å². The highest BCUT2D eigenvalue weighted by atomic mass is 35.5. The maximum Gasteiger partial charge on any atom is 0.343 e. The number of aryl methyl sites for hydroxylation is 2. The second-order valence-electron chi connectivity index (χ2n) is 6.81. The van der Waals surface area contributed by atoms with E-state index in [1.54, 1.807) is 68.4 Å². The molecule has 3 rings (SSSR count). The van der Waals surface area contributed by atoms with Crippen LogP contribution in [0.15, 0.2) is 71.6 Å². The molecular formula is C23H22ClNO4S. The topological polar surface area (TPSA) is 63.7 Å². The normalized spacial score (nSPS) is 11.2. The molecule has 0 aliphatic carbocycles. The minimum absolute atomic E-state index is 0.0537. The van der Waals surface area contributed by atoms with Gasteiger partial charge >= 0.3 is 5.97 Å². The van der Waals surface area contributed by atoms with E-state index < -0.39 is 16.0 Å². The minimum Gasteiger partial charge on any atom is -0.421 e. The molecule has 0 radical (unpaired) electrons. The van der Waals surface area contributed by atoms with E-state index in [2.05, 4.69) is 0 Å². The zero-order valence-corrected chi connectivity index (χ0v) is 18.5. The van der Waals surface area contributed by atoms with E-state index in [4.69, 9.17) is 16.3 Å². The Morgan fingerprint density at radius 1 is 1.00 bits per heavy atom. The molecule has 0 aliphatic heterocycles. The van der Waals surface area contributed by atoms with Crippen LogP contribution < -0.4 is 9.04 Å². The Morgan fingerprint density at radius 3 is 2.37 bits per heavy atom. The van der Waals surface area contributed by atoms with Crippen LogP contribution in [0, 0.1) is 13.8 Å². The lowest BCUT2D eigenvalue weighted by Crippen LogP contribution is -2.31. The number of hydrogen-bond donors (Lipinski definition) is 0. The SMILES string of the molecule is CCN(c1ccccc1)S(=O)(=O)c1cc(C(=O)Oc2cc(C)ccc2Cl)ccc1C. The Kier molecular flexibility index (Phi) is 6.48. The van der Waals surface area contributed by atoms with Crippen LogP contribution in [0.25, 0.3) is 0 Å². The number of benzene rings is 3. The van der Waals surface area contributed by atoms with Crippen molar-refractivity contribution in [2.75, 3.05) is 10.8 Å². The molecule has 30 heavy (non-hydrogen) atoms. The van der Waals surface area contributed by atoms with Gasteiger partial charge in [-0.05, 0) is 68.3 Å². The Balaban J connectivity index is 1.98. The summed E-state index contributed by atoms with van der Waals surface area (Å²) < 4.78 is 33.5. The smallest absolute Gasteiger partial charge is 0.343 e. The standard InChI is InChI=1S/C23H22ClNO4S/c1-4-25(19-8-6-5-7-9-19)30(27,28)22-15-18(12-11-17(22)3)23(26)29-21-14-16(2)10-13-20(21)24/h5-15H,4H2,1-3H3. The van der Waals surface area contributed by atoms with Crippen LogP contribution in [0.5, 0.6) is 5.75 Å². The van der Waals surface area contributed by atoms with Crippen molar-refractivity contribution in [3.63, 3.8) is 0 Å². The fourth-order valence-electron chi connectivity index (χ4n) is 3.06. The number of halogens is 1. The van der Waals surface area contributed by atoms with Crippen LogP contribution >= 0.6 is 11.6 Å². The van der Waals surface area contributed by atoms with Crippen LogP contribution in [0.4, 0.5) is 5.69 Å². The summed E-state index contributed by atoms with van der Waals surface area (Å²) in [6.45, 7) is 5.56. The van der Waals surface area contributed by atoms with E-state index in [0.717, 1.165) is 5.56 Å². The van der Waals surface area contributed by atoms with Crippen molar-refractivity contribution in [3.8, 4) is 5.75 Å². The van der Waals surface area contributed by atoms with Crippen molar-refractivity contribution in [2.24, 2.45) is 0 Å². The summed E-state index contributed by atoms with van der Waals surface area (Å²) in [7, 11) is -3.88. The van der Waals surface area contributed by atoms with Gasteiger partial charge in [0.2, 0.25) is 0 Å². The molecule has 0 N–H and O–H groups in total. The lowest BCUT2D eigenvalue weighted by molar-refractivity contribution is 0.0734. The van der Waals surface area contributed by atoms with Crippen molar-refractivity contribution in [2.45, 2.75) is 25.7 Å². The fourth-order valence-corrected chi connectivity index (χ4v) is 4.94. The van der Waals surface area contributed by atoms with Gasteiger partial charge in [-0.2, -0.15) is 0 Å². The predicted octanol–water partition coefficient (Wildman–Crippen LogP) is 5.39. The van der Waals surface area contributed by atoms with Gasteiger partial charge in [0.15, 0.2) is 0 Å². The first kappa shape index (κ1) is 21.9. The Morgan fingerprint density at radius 2 is 1.70 bits per heavy atom. The van der Waals surface area contributed by atoms with Gasteiger partial charge in [-0.3, -0.25) is 4.31 Å². The first-order valence-electron chi connectivity index (χ1n) is 9.41. The maximum atomic E-state index is 13.4. The van der Waals surface area contributed by atoms with Gasteiger partial charge in [-0.1, -0.05) is 41.9 Å². The fraction of sp³-hybridized carbons (Fsp3) is 0.174. The Hall–Kier alpha value is -2.83. The van der Waals surface area contributed by atoms with Crippen molar-refractivity contribution in [1.29, 1.82) is 0 Å². The number of carbonyl (C=O) groups excluding carboxylic acids is 1. The molecule has 7 heteroatoms. The molecule has 0 aromatic heterocycles. The lowest BCUT2D eigenvalue weighted by atomic mass is 10.1. The van der Waals surface area contributed by atoms with E-state index in [1.807, 2.05) is 13.0 Å². The summed E-state index contributed by atoms with van der Waals surface area (Å²) >= 11 is 6.11. The van der Waals surface area contributed by atoms with E-state index in [-0.39, 0.29) is 22.8 Å². The summed E-state index contributed by atoms with van der Waals surface area (Å²) in [5, 5.41) is 0.301. The van der Waals surface area contributed by atoms with Gasteiger partial charge < -0.3 is 4.74 Å². The minimum atomic E-state index is -3.88. The van der Waals surface area contributed by atoms with Gasteiger partial charge in [0.25, 0.3) is 10.0 Å². The summed E-state index contributed by atoms with van der Waals surface area (Å²) in [6.07, 6.45) is 0. The Labute approximate surface area is 181 Å². The second-order valence-corrected chi connectivity index (χ2v) is 9.05. The summed E-state index contributed by atoms with van der Waals surface area (Å²) in [5.41, 5.74) is 2.10. The number of sulfonamides is 1. The molecule has 0 unspecified atom stereocenters. The van der Waals surface area contributed by atoms with Crippen LogP contribution in [0.3, 0.4) is 0 Å². The van der Waals surface area contributed by atoms with Gasteiger partial charge in [0.05, 0.1) is 21.2 Å². The number of carbonyl (C=O) groups is 1. The van der Waals surface area contributed by atoms with E-state index in [1.165, 1.54) is 10.4 Å². The molecule has 156 valence electrons. The largest absolute Gasteiger partial charge is 0.421 e. The van der Waals surface area contributed by atoms with Gasteiger partial charge in [0.1, 0.15) is 5.75 Å². The number of hydrogen-bond acceptors (Lipinski definition) is 4. The molecular weight excluding hydrogens is 422 g/mol. The predicted molar refractivity (Wildman–Crippen MR) is 119 cm³/mol. The van der Waals surface area contributed by atoms with Crippen LogP contribution in [0.1, 0.15) is 28.4 Å². The van der Waals surface area contributed by atoms with Gasteiger partial charge in [-0.15, -0.1) is 0 Å². The molecule has 0 spiro atoms. The van der Waals surface area contributed by atoms with Crippen molar-refractivity contribution in [3.05, 3.63) is 88.4 Å². The average Bonchev–Trinajstić information content (AvgIpc) is 2.72. The second kappa shape index (κ2) is 8.90. The van der Waals surface area contributed by atoms with E-state index in [0.29, 0.717) is 16.3 Å². The van der Waals surface area contributed by atoms with Crippen LogP contribution in [0.2, 0.25) is 5.02 Å². The number of rotatable bonds is 6. The van der Waals surface area contributed by atoms with E-state index >= 15 is 0 Å². The third kappa shape index (κ3) is 4.50. The first-order chi connectivity index (χ1) is 14.2. The molecule has 0 saturated heterocycles. The summed E-state index contributed by atoms with van der Waals surface area (Å²) in [6, 6.07) is 18.4. The molecule has 3 aromatic carbocycles. The molecule has 0 saturated carbocycles. The van der Waals surface area contributed by atoms with Crippen molar-refractivity contribution >= 4 is 33.3 Å². The number of anilines is 1. The number of ether oxygens (including phenoxy) is 1. The zero-order valence-electron chi connectivity index (χ0n) is 16.9. The molecule has 0 fully saturated rings. The highest BCUT2D eigenvalue weighted by Gasteiger charge is 2.26. The van der Waals surface area contributed by atoms with E-state index in [9.17, 15) is 13.2 Å². The molecule has 0 heterocycles. The quantitative estimate of drug-likeness (QED) is 0.378. The van der Waals surface area contributed by atoms with Gasteiger partial charge in [0, 0.05) is 6.54 Å². The molecule has 0 bridgehead atoms. The van der Waals surface area contributed by atoms with Crippen molar-refractivity contribution in [1.82, 2.24) is 0 Å². The number of esters is 1. The lowest BCUT2D eigenvalue weighted by Gasteiger charge is -2.24. The Bertz CT molecular complexity index is 1180. The van der Waals surface area contributed by atoms with Crippen LogP contribution in [-0.4, -0.2) is 20.9 Å².